The zero-order valence-electron chi connectivity index (χ0n) is 10.7. The summed E-state index contributed by atoms with van der Waals surface area (Å²) in [6, 6.07) is 7.05. The molecule has 1 nitrogen and oxygen atoms in total. The molecule has 0 fully saturated rings. The zero-order chi connectivity index (χ0) is 12.1. The number of hydrogen-bond donors (Lipinski definition) is 1. The molecule has 0 heterocycles. The fraction of sp³-hybridized carbons (Fsp3) is 0.571. The highest BCUT2D eigenvalue weighted by molar-refractivity contribution is 9.10. The zero-order valence-corrected chi connectivity index (χ0v) is 12.3. The van der Waals surface area contributed by atoms with Crippen molar-refractivity contribution in [2.45, 2.75) is 46.6 Å². The Balaban J connectivity index is 2.87. The fourth-order valence-electron chi connectivity index (χ4n) is 1.94. The van der Waals surface area contributed by atoms with Crippen LogP contribution >= 0.6 is 15.9 Å². The summed E-state index contributed by atoms with van der Waals surface area (Å²) in [6.07, 6.45) is 2.23. The summed E-state index contributed by atoms with van der Waals surface area (Å²) < 4.78 is 1.16. The number of nitrogens with one attached hydrogen (secondary N) is 1. The van der Waals surface area contributed by atoms with Gasteiger partial charge in [0.1, 0.15) is 0 Å². The van der Waals surface area contributed by atoms with Gasteiger partial charge in [-0.2, -0.15) is 0 Å². The topological polar surface area (TPSA) is 12.0 Å². The van der Waals surface area contributed by atoms with Crippen LogP contribution in [0.25, 0.3) is 0 Å². The molecule has 0 spiro atoms. The standard InChI is InChI=1S/C14H22BrN/c1-5-11-9-12(15)7-8-14(11)16-13(6-2)10(3)4/h7-10,13,16H,5-6H2,1-4H3. The first-order valence-corrected chi connectivity index (χ1v) is 6.92. The molecule has 1 aromatic carbocycles. The molecule has 0 saturated heterocycles. The second-order valence-electron chi connectivity index (χ2n) is 4.56. The maximum Gasteiger partial charge on any atom is 0.0375 e. The maximum atomic E-state index is 3.65. The Morgan fingerprint density at radius 3 is 2.44 bits per heavy atom. The molecule has 2 heteroatoms. The van der Waals surface area contributed by atoms with E-state index in [4.69, 9.17) is 0 Å². The van der Waals surface area contributed by atoms with Crippen LogP contribution in [0.1, 0.15) is 39.7 Å². The normalized spacial score (nSPS) is 12.9. The number of rotatable bonds is 5. The highest BCUT2D eigenvalue weighted by Gasteiger charge is 2.12. The van der Waals surface area contributed by atoms with E-state index in [9.17, 15) is 0 Å². The molecule has 1 aromatic rings. The predicted octanol–water partition coefficient (Wildman–Crippen LogP) is 4.86. The van der Waals surface area contributed by atoms with Gasteiger partial charge in [-0.15, -0.1) is 0 Å². The molecule has 0 aliphatic carbocycles. The van der Waals surface area contributed by atoms with Crippen LogP contribution in [0.15, 0.2) is 22.7 Å². The Morgan fingerprint density at radius 2 is 1.94 bits per heavy atom. The highest BCUT2D eigenvalue weighted by Crippen LogP contribution is 2.24. The lowest BCUT2D eigenvalue weighted by molar-refractivity contribution is 0.511. The lowest BCUT2D eigenvalue weighted by Gasteiger charge is -2.23. The molecule has 0 saturated carbocycles. The molecular formula is C14H22BrN. The smallest absolute Gasteiger partial charge is 0.0375 e. The molecule has 16 heavy (non-hydrogen) atoms. The Labute approximate surface area is 108 Å². The molecule has 1 N–H and O–H groups in total. The summed E-state index contributed by atoms with van der Waals surface area (Å²) >= 11 is 3.52. The molecule has 0 amide bonds. The number of benzene rings is 1. The van der Waals surface area contributed by atoms with Crippen LogP contribution in [0.5, 0.6) is 0 Å². The van der Waals surface area contributed by atoms with Crippen LogP contribution in [0.2, 0.25) is 0 Å². The van der Waals surface area contributed by atoms with Gasteiger partial charge in [0.05, 0.1) is 0 Å². The number of halogens is 1. The van der Waals surface area contributed by atoms with Crippen molar-refractivity contribution >= 4 is 21.6 Å². The van der Waals surface area contributed by atoms with E-state index in [0.717, 1.165) is 17.3 Å². The van der Waals surface area contributed by atoms with Crippen molar-refractivity contribution in [1.29, 1.82) is 0 Å². The fourth-order valence-corrected chi connectivity index (χ4v) is 2.34. The highest BCUT2D eigenvalue weighted by atomic mass is 79.9. The van der Waals surface area contributed by atoms with Crippen molar-refractivity contribution < 1.29 is 0 Å². The second-order valence-corrected chi connectivity index (χ2v) is 5.47. The molecule has 0 aromatic heterocycles. The molecule has 0 bridgehead atoms. The molecule has 0 aliphatic rings. The minimum Gasteiger partial charge on any atom is -0.382 e. The average molecular weight is 284 g/mol. The molecule has 0 radical (unpaired) electrons. The number of aryl methyl sites for hydroxylation is 1. The monoisotopic (exact) mass is 283 g/mol. The third-order valence-electron chi connectivity index (χ3n) is 3.03. The van der Waals surface area contributed by atoms with Crippen LogP contribution in [0.3, 0.4) is 0 Å². The predicted molar refractivity (Wildman–Crippen MR) is 76.1 cm³/mol. The summed E-state index contributed by atoms with van der Waals surface area (Å²) in [5.74, 6) is 0.665. The van der Waals surface area contributed by atoms with Crippen molar-refractivity contribution in [3.8, 4) is 0 Å². The van der Waals surface area contributed by atoms with Gasteiger partial charge in [-0.05, 0) is 42.5 Å². The summed E-state index contributed by atoms with van der Waals surface area (Å²) in [5, 5.41) is 3.65. The molecule has 90 valence electrons. The van der Waals surface area contributed by atoms with E-state index in [-0.39, 0.29) is 0 Å². The quantitative estimate of drug-likeness (QED) is 0.814. The number of anilines is 1. The van der Waals surface area contributed by atoms with Gasteiger partial charge in [-0.25, -0.2) is 0 Å². The Kier molecular flexibility index (Phi) is 5.33. The van der Waals surface area contributed by atoms with E-state index < -0.39 is 0 Å². The molecule has 1 unspecified atom stereocenters. The Hall–Kier alpha value is -0.500. The molecular weight excluding hydrogens is 262 g/mol. The summed E-state index contributed by atoms with van der Waals surface area (Å²) in [5.41, 5.74) is 2.67. The van der Waals surface area contributed by atoms with Crippen LogP contribution in [-0.2, 0) is 6.42 Å². The van der Waals surface area contributed by atoms with Gasteiger partial charge in [0.2, 0.25) is 0 Å². The lowest BCUT2D eigenvalue weighted by Crippen LogP contribution is -2.25. The Bertz CT molecular complexity index is 334. The minimum absolute atomic E-state index is 0.562. The Morgan fingerprint density at radius 1 is 1.25 bits per heavy atom. The van der Waals surface area contributed by atoms with Crippen LogP contribution < -0.4 is 5.32 Å². The van der Waals surface area contributed by atoms with E-state index in [2.05, 4.69) is 67.1 Å². The summed E-state index contributed by atoms with van der Waals surface area (Å²) in [4.78, 5) is 0. The van der Waals surface area contributed by atoms with Crippen molar-refractivity contribution in [3.05, 3.63) is 28.2 Å². The maximum absolute atomic E-state index is 3.65. The molecule has 0 aliphatic heterocycles. The lowest BCUT2D eigenvalue weighted by atomic mass is 10.0. The summed E-state index contributed by atoms with van der Waals surface area (Å²) in [7, 11) is 0. The van der Waals surface area contributed by atoms with Gasteiger partial charge in [0.15, 0.2) is 0 Å². The van der Waals surface area contributed by atoms with Crippen LogP contribution in [-0.4, -0.2) is 6.04 Å². The van der Waals surface area contributed by atoms with Crippen LogP contribution in [0, 0.1) is 5.92 Å². The van der Waals surface area contributed by atoms with Gasteiger partial charge in [-0.1, -0.05) is 43.6 Å². The first-order chi connectivity index (χ1) is 7.58. The van der Waals surface area contributed by atoms with Gasteiger partial charge in [-0.3, -0.25) is 0 Å². The number of hydrogen-bond acceptors (Lipinski definition) is 1. The van der Waals surface area contributed by atoms with Crippen molar-refractivity contribution in [1.82, 2.24) is 0 Å². The van der Waals surface area contributed by atoms with Gasteiger partial charge >= 0.3 is 0 Å². The van der Waals surface area contributed by atoms with E-state index in [1.807, 2.05) is 0 Å². The van der Waals surface area contributed by atoms with Crippen molar-refractivity contribution in [3.63, 3.8) is 0 Å². The molecule has 1 atom stereocenters. The molecule has 1 rings (SSSR count). The van der Waals surface area contributed by atoms with Gasteiger partial charge in [0, 0.05) is 16.2 Å². The average Bonchev–Trinajstić information content (AvgIpc) is 2.26. The van der Waals surface area contributed by atoms with E-state index >= 15 is 0 Å². The third-order valence-corrected chi connectivity index (χ3v) is 3.53. The first-order valence-electron chi connectivity index (χ1n) is 6.13. The third kappa shape index (κ3) is 3.51. The van der Waals surface area contributed by atoms with Crippen molar-refractivity contribution in [2.24, 2.45) is 5.92 Å². The SMILES string of the molecule is CCc1cc(Br)ccc1NC(CC)C(C)C. The van der Waals surface area contributed by atoms with Crippen molar-refractivity contribution in [2.75, 3.05) is 5.32 Å². The largest absolute Gasteiger partial charge is 0.382 e. The van der Waals surface area contributed by atoms with Gasteiger partial charge in [0.25, 0.3) is 0 Å². The first kappa shape index (κ1) is 13.6. The second kappa shape index (κ2) is 6.29. The van der Waals surface area contributed by atoms with E-state index in [1.165, 1.54) is 11.3 Å². The summed E-state index contributed by atoms with van der Waals surface area (Å²) in [6.45, 7) is 8.97. The minimum atomic E-state index is 0.562. The van der Waals surface area contributed by atoms with E-state index in [0.29, 0.717) is 12.0 Å². The van der Waals surface area contributed by atoms with Gasteiger partial charge < -0.3 is 5.32 Å². The van der Waals surface area contributed by atoms with Crippen LogP contribution in [0.4, 0.5) is 5.69 Å². The van der Waals surface area contributed by atoms with E-state index in [1.54, 1.807) is 0 Å².